The molecular formula is C12H16N2O3. The predicted octanol–water partition coefficient (Wildman–Crippen LogP) is 0.673. The van der Waals surface area contributed by atoms with Crippen LogP contribution in [0, 0.1) is 0 Å². The van der Waals surface area contributed by atoms with Gasteiger partial charge in [-0.1, -0.05) is 0 Å². The van der Waals surface area contributed by atoms with Crippen LogP contribution >= 0.6 is 0 Å². The minimum Gasteiger partial charge on any atom is -0.461 e. The first-order valence-electron chi connectivity index (χ1n) is 5.71. The molecule has 0 radical (unpaired) electrons. The number of furan rings is 1. The maximum Gasteiger partial charge on any atom is 0.217 e. The zero-order valence-electron chi connectivity index (χ0n) is 9.81. The third-order valence-corrected chi connectivity index (χ3v) is 2.84. The number of rotatable bonds is 4. The SMILES string of the molecule is CC(=O)NC1CCN(CC(=O)c2ccco2)C1. The molecule has 1 aromatic rings. The maximum atomic E-state index is 11.8. The third kappa shape index (κ3) is 3.17. The Labute approximate surface area is 99.8 Å². The number of ketones is 1. The standard InChI is InChI=1S/C12H16N2O3/c1-9(15)13-10-4-5-14(7-10)8-11(16)12-3-2-6-17-12/h2-3,6,10H,4-5,7-8H2,1H3,(H,13,15). The van der Waals surface area contributed by atoms with Gasteiger partial charge in [-0.2, -0.15) is 0 Å². The molecule has 17 heavy (non-hydrogen) atoms. The van der Waals surface area contributed by atoms with Crippen LogP contribution in [0.5, 0.6) is 0 Å². The van der Waals surface area contributed by atoms with E-state index in [-0.39, 0.29) is 17.7 Å². The van der Waals surface area contributed by atoms with Crippen molar-refractivity contribution in [1.82, 2.24) is 10.2 Å². The monoisotopic (exact) mass is 236 g/mol. The Bertz CT molecular complexity index is 400. The van der Waals surface area contributed by atoms with Crippen LogP contribution in [-0.4, -0.2) is 42.3 Å². The van der Waals surface area contributed by atoms with E-state index in [9.17, 15) is 9.59 Å². The molecule has 0 aliphatic carbocycles. The third-order valence-electron chi connectivity index (χ3n) is 2.84. The molecule has 1 unspecified atom stereocenters. The van der Waals surface area contributed by atoms with Gasteiger partial charge in [-0.15, -0.1) is 0 Å². The highest BCUT2D eigenvalue weighted by molar-refractivity contribution is 5.95. The second-order valence-corrected chi connectivity index (χ2v) is 4.32. The molecule has 5 nitrogen and oxygen atoms in total. The highest BCUT2D eigenvalue weighted by atomic mass is 16.3. The lowest BCUT2D eigenvalue weighted by Crippen LogP contribution is -2.36. The van der Waals surface area contributed by atoms with Gasteiger partial charge in [0.2, 0.25) is 11.7 Å². The van der Waals surface area contributed by atoms with Crippen LogP contribution < -0.4 is 5.32 Å². The molecule has 0 bridgehead atoms. The molecule has 0 spiro atoms. The quantitative estimate of drug-likeness (QED) is 0.781. The molecule has 0 aromatic carbocycles. The van der Waals surface area contributed by atoms with E-state index in [4.69, 9.17) is 4.42 Å². The summed E-state index contributed by atoms with van der Waals surface area (Å²) in [6.45, 7) is 3.42. The Balaban J connectivity index is 1.82. The summed E-state index contributed by atoms with van der Waals surface area (Å²) in [5.41, 5.74) is 0. The number of hydrogen-bond acceptors (Lipinski definition) is 4. The molecular weight excluding hydrogens is 220 g/mol. The number of amides is 1. The van der Waals surface area contributed by atoms with E-state index in [1.54, 1.807) is 12.1 Å². The predicted molar refractivity (Wildman–Crippen MR) is 61.7 cm³/mol. The maximum absolute atomic E-state index is 11.8. The summed E-state index contributed by atoms with van der Waals surface area (Å²) in [5.74, 6) is 0.362. The summed E-state index contributed by atoms with van der Waals surface area (Å²) in [6.07, 6.45) is 2.39. The molecule has 2 rings (SSSR count). The summed E-state index contributed by atoms with van der Waals surface area (Å²) < 4.78 is 5.05. The van der Waals surface area contributed by atoms with Crippen LogP contribution in [-0.2, 0) is 4.79 Å². The van der Waals surface area contributed by atoms with Crippen LogP contribution in [0.4, 0.5) is 0 Å². The highest BCUT2D eigenvalue weighted by Crippen LogP contribution is 2.11. The summed E-state index contributed by atoms with van der Waals surface area (Å²) in [6, 6.07) is 3.54. The van der Waals surface area contributed by atoms with Crippen molar-refractivity contribution in [2.24, 2.45) is 0 Å². The minimum absolute atomic E-state index is 0.0153. The zero-order valence-corrected chi connectivity index (χ0v) is 9.81. The lowest BCUT2D eigenvalue weighted by molar-refractivity contribution is -0.119. The van der Waals surface area contributed by atoms with Crippen molar-refractivity contribution in [1.29, 1.82) is 0 Å². The van der Waals surface area contributed by atoms with Gasteiger partial charge in [-0.25, -0.2) is 0 Å². The number of nitrogens with one attached hydrogen (secondary N) is 1. The number of likely N-dealkylation sites (tertiary alicyclic amines) is 1. The molecule has 1 amide bonds. The molecule has 5 heteroatoms. The molecule has 1 aliphatic heterocycles. The van der Waals surface area contributed by atoms with E-state index in [0.717, 1.165) is 19.5 Å². The van der Waals surface area contributed by atoms with Crippen molar-refractivity contribution in [3.8, 4) is 0 Å². The van der Waals surface area contributed by atoms with Crippen molar-refractivity contribution in [2.75, 3.05) is 19.6 Å². The van der Waals surface area contributed by atoms with Crippen LogP contribution in [0.1, 0.15) is 23.9 Å². The summed E-state index contributed by atoms with van der Waals surface area (Å²) in [7, 11) is 0. The average molecular weight is 236 g/mol. The van der Waals surface area contributed by atoms with Crippen molar-refractivity contribution >= 4 is 11.7 Å². The van der Waals surface area contributed by atoms with Crippen LogP contribution in [0.3, 0.4) is 0 Å². The number of carbonyl (C=O) groups is 2. The van der Waals surface area contributed by atoms with Gasteiger partial charge in [0.15, 0.2) is 5.76 Å². The fourth-order valence-electron chi connectivity index (χ4n) is 2.10. The van der Waals surface area contributed by atoms with Gasteiger partial charge in [0, 0.05) is 26.1 Å². The molecule has 92 valence electrons. The van der Waals surface area contributed by atoms with Crippen LogP contribution in [0.2, 0.25) is 0 Å². The van der Waals surface area contributed by atoms with Crippen molar-refractivity contribution < 1.29 is 14.0 Å². The topological polar surface area (TPSA) is 62.6 Å². The second-order valence-electron chi connectivity index (χ2n) is 4.32. The van der Waals surface area contributed by atoms with E-state index in [0.29, 0.717) is 12.3 Å². The lowest BCUT2D eigenvalue weighted by Gasteiger charge is -2.14. The first kappa shape index (κ1) is 11.9. The van der Waals surface area contributed by atoms with Gasteiger partial charge in [0.05, 0.1) is 12.8 Å². The van der Waals surface area contributed by atoms with Gasteiger partial charge >= 0.3 is 0 Å². The second kappa shape index (κ2) is 5.14. The van der Waals surface area contributed by atoms with Crippen molar-refractivity contribution in [2.45, 2.75) is 19.4 Å². The van der Waals surface area contributed by atoms with Gasteiger partial charge in [-0.3, -0.25) is 14.5 Å². The number of Topliss-reactive ketones (excluding diaryl/α,β-unsaturated/α-hetero) is 1. The van der Waals surface area contributed by atoms with Crippen molar-refractivity contribution in [3.63, 3.8) is 0 Å². The molecule has 1 aromatic heterocycles. The Morgan fingerprint density at radius 3 is 3.06 bits per heavy atom. The van der Waals surface area contributed by atoms with Gasteiger partial charge in [0.1, 0.15) is 0 Å². The Kier molecular flexibility index (Phi) is 3.58. The molecule has 1 saturated heterocycles. The lowest BCUT2D eigenvalue weighted by atomic mass is 10.2. The molecule has 1 aliphatic rings. The largest absolute Gasteiger partial charge is 0.461 e. The van der Waals surface area contributed by atoms with Gasteiger partial charge < -0.3 is 9.73 Å². The van der Waals surface area contributed by atoms with E-state index in [2.05, 4.69) is 5.32 Å². The first-order chi connectivity index (χ1) is 8.15. The number of nitrogens with zero attached hydrogens (tertiary/aromatic N) is 1. The van der Waals surface area contributed by atoms with E-state index >= 15 is 0 Å². The fourth-order valence-corrected chi connectivity index (χ4v) is 2.10. The summed E-state index contributed by atoms with van der Waals surface area (Å²) >= 11 is 0. The van der Waals surface area contributed by atoms with Crippen LogP contribution in [0.25, 0.3) is 0 Å². The first-order valence-corrected chi connectivity index (χ1v) is 5.71. The summed E-state index contributed by atoms with van der Waals surface area (Å²) in [5, 5.41) is 2.86. The Morgan fingerprint density at radius 2 is 2.41 bits per heavy atom. The zero-order chi connectivity index (χ0) is 12.3. The van der Waals surface area contributed by atoms with Gasteiger partial charge in [0.25, 0.3) is 0 Å². The van der Waals surface area contributed by atoms with Gasteiger partial charge in [-0.05, 0) is 18.6 Å². The molecule has 1 atom stereocenters. The van der Waals surface area contributed by atoms with E-state index in [1.807, 2.05) is 4.90 Å². The number of hydrogen-bond donors (Lipinski definition) is 1. The number of carbonyl (C=O) groups excluding carboxylic acids is 2. The van der Waals surface area contributed by atoms with Crippen LogP contribution in [0.15, 0.2) is 22.8 Å². The van der Waals surface area contributed by atoms with Crippen molar-refractivity contribution in [3.05, 3.63) is 24.2 Å². The Morgan fingerprint density at radius 1 is 1.59 bits per heavy atom. The fraction of sp³-hybridized carbons (Fsp3) is 0.500. The summed E-state index contributed by atoms with van der Waals surface area (Å²) in [4.78, 5) is 24.7. The van der Waals surface area contributed by atoms with E-state index in [1.165, 1.54) is 13.2 Å². The smallest absolute Gasteiger partial charge is 0.217 e. The molecule has 1 N–H and O–H groups in total. The normalized spacial score (nSPS) is 20.4. The minimum atomic E-state index is -0.0192. The highest BCUT2D eigenvalue weighted by Gasteiger charge is 2.25. The molecule has 1 fully saturated rings. The average Bonchev–Trinajstić information content (AvgIpc) is 2.87. The Hall–Kier alpha value is -1.62. The molecule has 2 heterocycles. The molecule has 0 saturated carbocycles. The van der Waals surface area contributed by atoms with E-state index < -0.39 is 0 Å².